The van der Waals surface area contributed by atoms with E-state index in [2.05, 4.69) is 5.32 Å². The smallest absolute Gasteiger partial charge is 0.264 e. The van der Waals surface area contributed by atoms with E-state index in [-0.39, 0.29) is 29.5 Å². The first-order valence-electron chi connectivity index (χ1n) is 14.3. The molecule has 0 spiro atoms. The zero-order valence-corrected chi connectivity index (χ0v) is 26.9. The number of benzene rings is 4. The van der Waals surface area contributed by atoms with Gasteiger partial charge in [-0.15, -0.1) is 0 Å². The van der Waals surface area contributed by atoms with Crippen LogP contribution < -0.4 is 19.1 Å². The molecule has 0 heterocycles. The fraction of sp³-hybridized carbons (Fsp3) is 0.235. The van der Waals surface area contributed by atoms with Crippen molar-refractivity contribution in [3.8, 4) is 11.5 Å². The van der Waals surface area contributed by atoms with Crippen LogP contribution in [0.4, 0.5) is 5.69 Å². The van der Waals surface area contributed by atoms with Gasteiger partial charge in [0.1, 0.15) is 24.1 Å². The predicted molar refractivity (Wildman–Crippen MR) is 175 cm³/mol. The highest BCUT2D eigenvalue weighted by molar-refractivity contribution is 7.92. The number of nitrogens with zero attached hydrogens (tertiary/aromatic N) is 2. The summed E-state index contributed by atoms with van der Waals surface area (Å²) in [5, 5.41) is 3.05. The van der Waals surface area contributed by atoms with Crippen molar-refractivity contribution in [2.45, 2.75) is 30.8 Å². The van der Waals surface area contributed by atoms with Crippen molar-refractivity contribution >= 4 is 39.1 Å². The summed E-state index contributed by atoms with van der Waals surface area (Å²) in [4.78, 5) is 29.2. The second-order valence-electron chi connectivity index (χ2n) is 10.1. The van der Waals surface area contributed by atoms with Crippen LogP contribution >= 0.6 is 11.6 Å². The Morgan fingerprint density at radius 2 is 1.53 bits per heavy atom. The van der Waals surface area contributed by atoms with Gasteiger partial charge in [0.15, 0.2) is 0 Å². The Kier molecular flexibility index (Phi) is 11.5. The van der Waals surface area contributed by atoms with Gasteiger partial charge in [0.05, 0.1) is 24.3 Å². The SMILES string of the molecule is CCOc1ccc(N(CC(=O)N(Cc2cccc(OC)c2)[C@@H](Cc2ccccc2)C(=O)NC)S(=O)(=O)c2ccc(Cl)cc2)cc1. The number of hydrogen-bond donors (Lipinski definition) is 1. The number of carbonyl (C=O) groups excluding carboxylic acids is 2. The maximum absolute atomic E-state index is 14.4. The van der Waals surface area contributed by atoms with E-state index >= 15 is 0 Å². The molecule has 1 atom stereocenters. The molecule has 4 rings (SSSR count). The van der Waals surface area contributed by atoms with Crippen LogP contribution in [0.15, 0.2) is 108 Å². The average molecular weight is 650 g/mol. The van der Waals surface area contributed by atoms with Gasteiger partial charge in [0.25, 0.3) is 10.0 Å². The van der Waals surface area contributed by atoms with Crippen LogP contribution in [-0.4, -0.2) is 58.5 Å². The fourth-order valence-corrected chi connectivity index (χ4v) is 6.37. The highest BCUT2D eigenvalue weighted by atomic mass is 35.5. The van der Waals surface area contributed by atoms with Gasteiger partial charge >= 0.3 is 0 Å². The first-order chi connectivity index (χ1) is 21.7. The minimum Gasteiger partial charge on any atom is -0.497 e. The summed E-state index contributed by atoms with van der Waals surface area (Å²) in [5.41, 5.74) is 1.80. The quantitative estimate of drug-likeness (QED) is 0.198. The number of hydrogen-bond acceptors (Lipinski definition) is 6. The number of amides is 2. The minimum atomic E-state index is -4.25. The number of anilines is 1. The molecule has 236 valence electrons. The number of sulfonamides is 1. The van der Waals surface area contributed by atoms with Crippen LogP contribution in [0.5, 0.6) is 11.5 Å². The number of ether oxygens (including phenoxy) is 2. The van der Waals surface area contributed by atoms with Crippen molar-refractivity contribution < 1.29 is 27.5 Å². The number of carbonyl (C=O) groups is 2. The number of nitrogens with one attached hydrogen (secondary N) is 1. The number of halogens is 1. The molecule has 4 aromatic carbocycles. The normalized spacial score (nSPS) is 11.7. The second-order valence-corrected chi connectivity index (χ2v) is 12.4. The molecule has 45 heavy (non-hydrogen) atoms. The summed E-state index contributed by atoms with van der Waals surface area (Å²) in [6.07, 6.45) is 0.212. The Bertz CT molecular complexity index is 1680. The fourth-order valence-electron chi connectivity index (χ4n) is 4.83. The van der Waals surface area contributed by atoms with Crippen LogP contribution in [0, 0.1) is 0 Å². The summed E-state index contributed by atoms with van der Waals surface area (Å²) in [6, 6.07) is 27.7. The van der Waals surface area contributed by atoms with Crippen LogP contribution in [0.2, 0.25) is 5.02 Å². The van der Waals surface area contributed by atoms with Crippen LogP contribution in [-0.2, 0) is 32.6 Å². The molecular weight excluding hydrogens is 614 g/mol. The van der Waals surface area contributed by atoms with Crippen LogP contribution in [0.3, 0.4) is 0 Å². The van der Waals surface area contributed by atoms with Crippen molar-refractivity contribution in [3.63, 3.8) is 0 Å². The number of methoxy groups -OCH3 is 1. The zero-order chi connectivity index (χ0) is 32.4. The Hall–Kier alpha value is -4.54. The van der Waals surface area contributed by atoms with E-state index in [1.807, 2.05) is 43.3 Å². The Morgan fingerprint density at radius 1 is 0.867 bits per heavy atom. The van der Waals surface area contributed by atoms with E-state index < -0.39 is 28.5 Å². The van der Waals surface area contributed by atoms with Crippen molar-refractivity contribution in [1.29, 1.82) is 0 Å². The highest BCUT2D eigenvalue weighted by Gasteiger charge is 2.34. The molecule has 11 heteroatoms. The van der Waals surface area contributed by atoms with Crippen molar-refractivity contribution in [2.75, 3.05) is 31.6 Å². The summed E-state index contributed by atoms with van der Waals surface area (Å²) in [7, 11) is -1.20. The zero-order valence-electron chi connectivity index (χ0n) is 25.4. The molecule has 4 aromatic rings. The standard InChI is InChI=1S/C34H36ClN3O6S/c1-4-44-29-17-15-28(16-18-29)38(45(41,42)31-19-13-27(35)14-20-31)24-33(39)37(23-26-11-8-12-30(21-26)43-3)32(34(40)36-2)22-25-9-6-5-7-10-25/h5-21,32H,4,22-24H2,1-3H3,(H,36,40)/t32-/m0/s1. The third kappa shape index (κ3) is 8.55. The van der Waals surface area contributed by atoms with E-state index in [0.29, 0.717) is 28.7 Å². The van der Waals surface area contributed by atoms with E-state index in [0.717, 1.165) is 9.87 Å². The van der Waals surface area contributed by atoms with Gasteiger partial charge in [0.2, 0.25) is 11.8 Å². The predicted octanol–water partition coefficient (Wildman–Crippen LogP) is 5.33. The van der Waals surface area contributed by atoms with Gasteiger partial charge in [0, 0.05) is 25.0 Å². The van der Waals surface area contributed by atoms with Gasteiger partial charge in [-0.1, -0.05) is 54.1 Å². The Morgan fingerprint density at radius 3 is 2.16 bits per heavy atom. The molecular formula is C34H36ClN3O6S. The molecule has 0 unspecified atom stereocenters. The average Bonchev–Trinajstić information content (AvgIpc) is 3.06. The molecule has 1 N–H and O–H groups in total. The molecule has 0 aromatic heterocycles. The first-order valence-corrected chi connectivity index (χ1v) is 16.2. The van der Waals surface area contributed by atoms with Crippen molar-refractivity contribution in [2.24, 2.45) is 0 Å². The minimum absolute atomic E-state index is 0.0268. The molecule has 9 nitrogen and oxygen atoms in total. The van der Waals surface area contributed by atoms with Crippen LogP contribution in [0.1, 0.15) is 18.1 Å². The molecule has 0 aliphatic carbocycles. The van der Waals surface area contributed by atoms with Gasteiger partial charge < -0.3 is 19.7 Å². The van der Waals surface area contributed by atoms with E-state index in [1.54, 1.807) is 49.6 Å². The summed E-state index contributed by atoms with van der Waals surface area (Å²) < 4.78 is 40.1. The molecule has 0 aliphatic rings. The second kappa shape index (κ2) is 15.5. The summed E-state index contributed by atoms with van der Waals surface area (Å²) >= 11 is 6.04. The molecule has 0 radical (unpaired) electrons. The first kappa shape index (κ1) is 33.4. The van der Waals surface area contributed by atoms with Crippen molar-refractivity contribution in [3.05, 3.63) is 119 Å². The van der Waals surface area contributed by atoms with Crippen LogP contribution in [0.25, 0.3) is 0 Å². The lowest BCUT2D eigenvalue weighted by atomic mass is 10.0. The highest BCUT2D eigenvalue weighted by Crippen LogP contribution is 2.28. The van der Waals surface area contributed by atoms with Gasteiger partial charge in [-0.05, 0) is 78.7 Å². The molecule has 0 saturated carbocycles. The molecule has 2 amide bonds. The summed E-state index contributed by atoms with van der Waals surface area (Å²) in [5.74, 6) is 0.177. The molecule has 0 aliphatic heterocycles. The number of rotatable bonds is 14. The maximum Gasteiger partial charge on any atom is 0.264 e. The Labute approximate surface area is 269 Å². The monoisotopic (exact) mass is 649 g/mol. The summed E-state index contributed by atoms with van der Waals surface area (Å²) in [6.45, 7) is 1.73. The molecule has 0 fully saturated rings. The van der Waals surface area contributed by atoms with Gasteiger partial charge in [-0.25, -0.2) is 8.42 Å². The van der Waals surface area contributed by atoms with E-state index in [1.165, 1.54) is 36.2 Å². The number of likely N-dealkylation sites (N-methyl/N-ethyl adjacent to an activating group) is 1. The third-order valence-electron chi connectivity index (χ3n) is 7.12. The lowest BCUT2D eigenvalue weighted by Crippen LogP contribution is -2.53. The van der Waals surface area contributed by atoms with Crippen molar-refractivity contribution in [1.82, 2.24) is 10.2 Å². The largest absolute Gasteiger partial charge is 0.497 e. The van der Waals surface area contributed by atoms with E-state index in [9.17, 15) is 18.0 Å². The maximum atomic E-state index is 14.4. The van der Waals surface area contributed by atoms with Gasteiger partial charge in [-0.3, -0.25) is 13.9 Å². The van der Waals surface area contributed by atoms with Gasteiger partial charge in [-0.2, -0.15) is 0 Å². The third-order valence-corrected chi connectivity index (χ3v) is 9.16. The topological polar surface area (TPSA) is 105 Å². The lowest BCUT2D eigenvalue weighted by molar-refractivity contribution is -0.139. The van der Waals surface area contributed by atoms with E-state index in [4.69, 9.17) is 21.1 Å². The molecule has 0 saturated heterocycles. The lowest BCUT2D eigenvalue weighted by Gasteiger charge is -2.33. The Balaban J connectivity index is 1.79. The molecule has 0 bridgehead atoms.